The number of nitrogens with zero attached hydrogens (tertiary/aromatic N) is 4. The maximum atomic E-state index is 12.8. The molecule has 2 aromatic rings. The molecule has 2 saturated heterocycles. The van der Waals surface area contributed by atoms with Crippen LogP contribution in [-0.4, -0.2) is 62.1 Å². The molecule has 30 heavy (non-hydrogen) atoms. The summed E-state index contributed by atoms with van der Waals surface area (Å²) in [4.78, 5) is 28.8. The molecule has 2 fully saturated rings. The van der Waals surface area contributed by atoms with Crippen molar-refractivity contribution in [2.45, 2.75) is 12.5 Å². The number of nitrogens with one attached hydrogen (secondary N) is 1. The number of morpholine rings is 1. The van der Waals surface area contributed by atoms with Crippen molar-refractivity contribution in [1.82, 2.24) is 10.2 Å². The highest BCUT2D eigenvalue weighted by atomic mass is 16.5. The van der Waals surface area contributed by atoms with Gasteiger partial charge in [0.2, 0.25) is 5.91 Å². The van der Waals surface area contributed by atoms with Crippen LogP contribution in [0, 0.1) is 0 Å². The number of hydrogen-bond acceptors (Lipinski definition) is 7. The lowest BCUT2D eigenvalue weighted by Gasteiger charge is -2.27. The van der Waals surface area contributed by atoms with E-state index in [4.69, 9.17) is 4.74 Å². The SMILES string of the molecule is O=C1CC(NCCN2CCOCC2)C(=O)N1c1ccc(N=Nc2ccccc2)cc1. The molecular formula is C22H25N5O3. The van der Waals surface area contributed by atoms with Crippen molar-refractivity contribution in [3.8, 4) is 0 Å². The Morgan fingerprint density at radius 2 is 1.60 bits per heavy atom. The van der Waals surface area contributed by atoms with Crippen molar-refractivity contribution < 1.29 is 14.3 Å². The Morgan fingerprint density at radius 3 is 2.30 bits per heavy atom. The van der Waals surface area contributed by atoms with Gasteiger partial charge in [0.05, 0.1) is 42.7 Å². The van der Waals surface area contributed by atoms with E-state index >= 15 is 0 Å². The van der Waals surface area contributed by atoms with Gasteiger partial charge in [-0.25, -0.2) is 4.90 Å². The van der Waals surface area contributed by atoms with E-state index in [0.717, 1.165) is 38.5 Å². The smallest absolute Gasteiger partial charge is 0.251 e. The first kappa shape index (κ1) is 20.3. The van der Waals surface area contributed by atoms with Crippen LogP contribution in [0.2, 0.25) is 0 Å². The van der Waals surface area contributed by atoms with Crippen molar-refractivity contribution in [2.24, 2.45) is 10.2 Å². The van der Waals surface area contributed by atoms with Crippen LogP contribution in [0.4, 0.5) is 17.1 Å². The minimum Gasteiger partial charge on any atom is -0.379 e. The summed E-state index contributed by atoms with van der Waals surface area (Å²) in [7, 11) is 0. The normalized spacial score (nSPS) is 20.4. The second kappa shape index (κ2) is 9.71. The Bertz CT molecular complexity index is 895. The zero-order valence-corrected chi connectivity index (χ0v) is 16.7. The molecule has 1 N–H and O–H groups in total. The quantitative estimate of drug-likeness (QED) is 0.563. The number of carbonyl (C=O) groups is 2. The first-order valence-electron chi connectivity index (χ1n) is 10.2. The molecule has 2 aromatic carbocycles. The fourth-order valence-corrected chi connectivity index (χ4v) is 3.56. The zero-order chi connectivity index (χ0) is 20.8. The summed E-state index contributed by atoms with van der Waals surface area (Å²) in [5.41, 5.74) is 1.97. The Kier molecular flexibility index (Phi) is 6.58. The van der Waals surface area contributed by atoms with Gasteiger partial charge in [-0.2, -0.15) is 10.2 Å². The predicted octanol–water partition coefficient (Wildman–Crippen LogP) is 2.66. The van der Waals surface area contributed by atoms with Gasteiger partial charge in [-0.15, -0.1) is 0 Å². The molecule has 4 rings (SSSR count). The molecule has 0 aromatic heterocycles. The summed E-state index contributed by atoms with van der Waals surface area (Å²) < 4.78 is 5.34. The first-order chi connectivity index (χ1) is 14.7. The van der Waals surface area contributed by atoms with Gasteiger partial charge >= 0.3 is 0 Å². The molecule has 0 radical (unpaired) electrons. The fraction of sp³-hybridized carbons (Fsp3) is 0.364. The Hall–Kier alpha value is -2.94. The number of azo groups is 1. The molecule has 2 heterocycles. The predicted molar refractivity (Wildman–Crippen MR) is 113 cm³/mol. The minimum atomic E-state index is -0.476. The lowest BCUT2D eigenvalue weighted by atomic mass is 10.2. The number of hydrogen-bond donors (Lipinski definition) is 1. The molecule has 0 aliphatic carbocycles. The second-order valence-corrected chi connectivity index (χ2v) is 7.28. The Morgan fingerprint density at radius 1 is 0.933 bits per heavy atom. The third kappa shape index (κ3) is 4.96. The molecule has 0 saturated carbocycles. The standard InChI is InChI=1S/C22H25N5O3/c28-21-16-20(23-10-11-26-12-14-30-15-13-26)22(29)27(21)19-8-6-18(7-9-19)25-24-17-4-2-1-3-5-17/h1-9,20,23H,10-16H2. The number of anilines is 1. The largest absolute Gasteiger partial charge is 0.379 e. The molecule has 0 spiro atoms. The van der Waals surface area contributed by atoms with Gasteiger partial charge < -0.3 is 10.1 Å². The summed E-state index contributed by atoms with van der Waals surface area (Å²) in [6.07, 6.45) is 0.178. The molecule has 1 unspecified atom stereocenters. The van der Waals surface area contributed by atoms with E-state index in [-0.39, 0.29) is 18.2 Å². The lowest BCUT2D eigenvalue weighted by Crippen LogP contribution is -2.44. The van der Waals surface area contributed by atoms with Crippen molar-refractivity contribution in [1.29, 1.82) is 0 Å². The first-order valence-corrected chi connectivity index (χ1v) is 10.2. The summed E-state index contributed by atoms with van der Waals surface area (Å²) in [5, 5.41) is 11.6. The van der Waals surface area contributed by atoms with Crippen LogP contribution in [0.15, 0.2) is 64.8 Å². The molecule has 8 heteroatoms. The van der Waals surface area contributed by atoms with Gasteiger partial charge in [0, 0.05) is 26.2 Å². The topological polar surface area (TPSA) is 86.6 Å². The van der Waals surface area contributed by atoms with Crippen LogP contribution in [0.1, 0.15) is 6.42 Å². The van der Waals surface area contributed by atoms with Crippen molar-refractivity contribution >= 4 is 28.9 Å². The van der Waals surface area contributed by atoms with E-state index in [1.165, 1.54) is 4.90 Å². The molecule has 8 nitrogen and oxygen atoms in total. The van der Waals surface area contributed by atoms with Crippen molar-refractivity contribution in [2.75, 3.05) is 44.3 Å². The van der Waals surface area contributed by atoms with Crippen molar-refractivity contribution in [3.05, 3.63) is 54.6 Å². The van der Waals surface area contributed by atoms with Crippen LogP contribution in [-0.2, 0) is 14.3 Å². The Labute approximate surface area is 175 Å². The highest BCUT2D eigenvalue weighted by molar-refractivity contribution is 6.22. The highest BCUT2D eigenvalue weighted by Gasteiger charge is 2.39. The van der Waals surface area contributed by atoms with Gasteiger partial charge in [0.1, 0.15) is 0 Å². The number of amides is 2. The maximum Gasteiger partial charge on any atom is 0.251 e. The summed E-state index contributed by atoms with van der Waals surface area (Å²) >= 11 is 0. The van der Waals surface area contributed by atoms with E-state index in [1.807, 2.05) is 30.3 Å². The Balaban J connectivity index is 1.33. The summed E-state index contributed by atoms with van der Waals surface area (Å²) in [6, 6.07) is 15.9. The van der Waals surface area contributed by atoms with Crippen LogP contribution < -0.4 is 10.2 Å². The average Bonchev–Trinajstić information content (AvgIpc) is 3.07. The minimum absolute atomic E-state index is 0.178. The maximum absolute atomic E-state index is 12.8. The monoisotopic (exact) mass is 407 g/mol. The summed E-state index contributed by atoms with van der Waals surface area (Å²) in [5.74, 6) is -0.400. The molecule has 2 aliphatic heterocycles. The van der Waals surface area contributed by atoms with E-state index in [1.54, 1.807) is 24.3 Å². The lowest BCUT2D eigenvalue weighted by molar-refractivity contribution is -0.121. The van der Waals surface area contributed by atoms with Gasteiger partial charge in [0.25, 0.3) is 5.91 Å². The molecule has 2 aliphatic rings. The van der Waals surface area contributed by atoms with Crippen LogP contribution >= 0.6 is 0 Å². The number of carbonyl (C=O) groups excluding carboxylic acids is 2. The summed E-state index contributed by atoms with van der Waals surface area (Å²) in [6.45, 7) is 4.79. The molecular weight excluding hydrogens is 382 g/mol. The van der Waals surface area contributed by atoms with Gasteiger partial charge in [0.15, 0.2) is 0 Å². The third-order valence-electron chi connectivity index (χ3n) is 5.21. The molecule has 0 bridgehead atoms. The third-order valence-corrected chi connectivity index (χ3v) is 5.21. The number of benzene rings is 2. The fourth-order valence-electron chi connectivity index (χ4n) is 3.56. The van der Waals surface area contributed by atoms with E-state index in [0.29, 0.717) is 17.9 Å². The van der Waals surface area contributed by atoms with E-state index in [9.17, 15) is 9.59 Å². The van der Waals surface area contributed by atoms with Crippen LogP contribution in [0.25, 0.3) is 0 Å². The van der Waals surface area contributed by atoms with Gasteiger partial charge in [-0.1, -0.05) is 18.2 Å². The van der Waals surface area contributed by atoms with Crippen molar-refractivity contribution in [3.63, 3.8) is 0 Å². The average molecular weight is 407 g/mol. The zero-order valence-electron chi connectivity index (χ0n) is 16.7. The second-order valence-electron chi connectivity index (χ2n) is 7.28. The van der Waals surface area contributed by atoms with E-state index in [2.05, 4.69) is 20.4 Å². The molecule has 156 valence electrons. The molecule has 2 amide bonds. The van der Waals surface area contributed by atoms with Gasteiger partial charge in [-0.05, 0) is 36.4 Å². The van der Waals surface area contributed by atoms with Crippen LogP contribution in [0.3, 0.4) is 0 Å². The number of imide groups is 1. The number of ether oxygens (including phenoxy) is 1. The highest BCUT2D eigenvalue weighted by Crippen LogP contribution is 2.26. The van der Waals surface area contributed by atoms with Gasteiger partial charge in [-0.3, -0.25) is 14.5 Å². The number of rotatable bonds is 7. The van der Waals surface area contributed by atoms with Crippen LogP contribution in [0.5, 0.6) is 0 Å². The molecule has 1 atom stereocenters. The van der Waals surface area contributed by atoms with E-state index < -0.39 is 6.04 Å².